The lowest BCUT2D eigenvalue weighted by molar-refractivity contribution is 0.416. The molecule has 4 rings (SSSR count). The Morgan fingerprint density at radius 1 is 0.767 bits per heavy atom. The van der Waals surface area contributed by atoms with E-state index in [0.29, 0.717) is 28.0 Å². The molecule has 6 heteroatoms. The molecule has 4 aromatic rings. The van der Waals surface area contributed by atoms with Crippen molar-refractivity contribution in [3.05, 3.63) is 88.4 Å². The zero-order valence-corrected chi connectivity index (χ0v) is 18.1. The molecular weight excluding hydrogens is 419 g/mol. The molecule has 152 valence electrons. The first kappa shape index (κ1) is 20.3. The van der Waals surface area contributed by atoms with Crippen molar-refractivity contribution in [1.82, 2.24) is 9.78 Å². The summed E-state index contributed by atoms with van der Waals surface area (Å²) in [5.74, 6) is 1.44. The van der Waals surface area contributed by atoms with Crippen molar-refractivity contribution in [2.24, 2.45) is 0 Å². The van der Waals surface area contributed by atoms with Crippen LogP contribution in [0.15, 0.2) is 72.8 Å². The first-order valence-electron chi connectivity index (χ1n) is 9.40. The van der Waals surface area contributed by atoms with E-state index in [-0.39, 0.29) is 0 Å². The van der Waals surface area contributed by atoms with Crippen molar-refractivity contribution in [3.63, 3.8) is 0 Å². The molecule has 0 spiro atoms. The van der Waals surface area contributed by atoms with Gasteiger partial charge in [0, 0.05) is 16.1 Å². The van der Waals surface area contributed by atoms with E-state index in [4.69, 9.17) is 37.8 Å². The SMILES string of the molecule is COc1ccccc1-c1nn(Cc2ccc(Cl)cc2)c(-c2ccccc2OC)c1Cl. The fraction of sp³-hybridized carbons (Fsp3) is 0.125. The molecule has 30 heavy (non-hydrogen) atoms. The lowest BCUT2D eigenvalue weighted by atomic mass is 10.1. The summed E-state index contributed by atoms with van der Waals surface area (Å²) in [7, 11) is 3.28. The van der Waals surface area contributed by atoms with Crippen molar-refractivity contribution in [1.29, 1.82) is 0 Å². The first-order valence-corrected chi connectivity index (χ1v) is 10.2. The third-order valence-electron chi connectivity index (χ3n) is 4.86. The van der Waals surface area contributed by atoms with Gasteiger partial charge in [0.1, 0.15) is 17.2 Å². The maximum atomic E-state index is 6.93. The Labute approximate surface area is 185 Å². The monoisotopic (exact) mass is 438 g/mol. The Morgan fingerprint density at radius 2 is 1.33 bits per heavy atom. The number of hydrogen-bond acceptors (Lipinski definition) is 3. The molecule has 0 radical (unpaired) electrons. The van der Waals surface area contributed by atoms with Crippen LogP contribution in [0.5, 0.6) is 11.5 Å². The summed E-state index contributed by atoms with van der Waals surface area (Å²) in [5.41, 5.74) is 4.19. The molecule has 0 atom stereocenters. The summed E-state index contributed by atoms with van der Waals surface area (Å²) in [6, 6.07) is 23.2. The number of rotatable bonds is 6. The Morgan fingerprint density at radius 3 is 1.97 bits per heavy atom. The highest BCUT2D eigenvalue weighted by atomic mass is 35.5. The number of nitrogens with zero attached hydrogens (tertiary/aromatic N) is 2. The van der Waals surface area contributed by atoms with Crippen LogP contribution in [-0.2, 0) is 6.54 Å². The fourth-order valence-corrected chi connectivity index (χ4v) is 3.89. The highest BCUT2D eigenvalue weighted by Crippen LogP contribution is 2.42. The molecule has 1 heterocycles. The van der Waals surface area contributed by atoms with E-state index in [1.54, 1.807) is 14.2 Å². The Balaban J connectivity index is 1.92. The zero-order valence-electron chi connectivity index (χ0n) is 16.6. The van der Waals surface area contributed by atoms with Crippen molar-refractivity contribution in [2.75, 3.05) is 14.2 Å². The summed E-state index contributed by atoms with van der Waals surface area (Å²) >= 11 is 13.0. The highest BCUT2D eigenvalue weighted by molar-refractivity contribution is 6.35. The molecule has 0 N–H and O–H groups in total. The van der Waals surface area contributed by atoms with Crippen LogP contribution in [0.4, 0.5) is 0 Å². The number of aromatic nitrogens is 2. The van der Waals surface area contributed by atoms with Crippen LogP contribution in [0, 0.1) is 0 Å². The van der Waals surface area contributed by atoms with Gasteiger partial charge in [-0.3, -0.25) is 4.68 Å². The standard InChI is InChI=1S/C24H20Cl2N2O2/c1-29-20-9-5-3-7-18(20)23-22(26)24(19-8-4-6-10-21(19)30-2)28(27-23)15-16-11-13-17(25)14-12-16/h3-14H,15H2,1-2H3. The molecule has 0 aliphatic rings. The van der Waals surface area contributed by atoms with Crippen molar-refractivity contribution in [3.8, 4) is 34.0 Å². The van der Waals surface area contributed by atoms with Crippen molar-refractivity contribution in [2.45, 2.75) is 6.54 Å². The third kappa shape index (κ3) is 3.89. The van der Waals surface area contributed by atoms with Gasteiger partial charge in [-0.05, 0) is 42.0 Å². The number of hydrogen-bond donors (Lipinski definition) is 0. The number of methoxy groups -OCH3 is 2. The molecule has 3 aromatic carbocycles. The Kier molecular flexibility index (Phi) is 5.98. The maximum Gasteiger partial charge on any atom is 0.128 e. The highest BCUT2D eigenvalue weighted by Gasteiger charge is 2.23. The van der Waals surface area contributed by atoms with Crippen LogP contribution in [0.2, 0.25) is 10.0 Å². The van der Waals surface area contributed by atoms with Gasteiger partial charge in [-0.25, -0.2) is 0 Å². The van der Waals surface area contributed by atoms with Crippen LogP contribution in [0.3, 0.4) is 0 Å². The van der Waals surface area contributed by atoms with Gasteiger partial charge in [0.05, 0.1) is 31.5 Å². The number of ether oxygens (including phenoxy) is 2. The zero-order chi connectivity index (χ0) is 21.1. The van der Waals surface area contributed by atoms with Crippen LogP contribution in [-0.4, -0.2) is 24.0 Å². The lowest BCUT2D eigenvalue weighted by Crippen LogP contribution is -2.04. The van der Waals surface area contributed by atoms with E-state index in [9.17, 15) is 0 Å². The molecule has 0 amide bonds. The minimum Gasteiger partial charge on any atom is -0.496 e. The van der Waals surface area contributed by atoms with Gasteiger partial charge in [-0.2, -0.15) is 5.10 Å². The average molecular weight is 439 g/mol. The second kappa shape index (κ2) is 8.82. The second-order valence-corrected chi connectivity index (χ2v) is 7.51. The second-order valence-electron chi connectivity index (χ2n) is 6.70. The minimum absolute atomic E-state index is 0.527. The maximum absolute atomic E-state index is 6.93. The molecule has 4 nitrogen and oxygen atoms in total. The Bertz CT molecular complexity index is 1170. The van der Waals surface area contributed by atoms with E-state index < -0.39 is 0 Å². The van der Waals surface area contributed by atoms with Gasteiger partial charge in [0.25, 0.3) is 0 Å². The number of halogens is 2. The van der Waals surface area contributed by atoms with E-state index >= 15 is 0 Å². The topological polar surface area (TPSA) is 36.3 Å². The largest absolute Gasteiger partial charge is 0.496 e. The Hall–Kier alpha value is -2.95. The quantitative estimate of drug-likeness (QED) is 0.340. The predicted octanol–water partition coefficient (Wildman–Crippen LogP) is 6.59. The fourth-order valence-electron chi connectivity index (χ4n) is 3.43. The summed E-state index contributed by atoms with van der Waals surface area (Å²) in [6.07, 6.45) is 0. The average Bonchev–Trinajstić information content (AvgIpc) is 3.10. The summed E-state index contributed by atoms with van der Waals surface area (Å²) in [5, 5.41) is 6.11. The van der Waals surface area contributed by atoms with Gasteiger partial charge in [0.15, 0.2) is 0 Å². The summed E-state index contributed by atoms with van der Waals surface area (Å²) in [4.78, 5) is 0. The number of benzene rings is 3. The molecule has 0 saturated heterocycles. The molecular formula is C24H20Cl2N2O2. The van der Waals surface area contributed by atoms with Crippen LogP contribution in [0.1, 0.15) is 5.56 Å². The molecule has 0 fully saturated rings. The summed E-state index contributed by atoms with van der Waals surface area (Å²) in [6.45, 7) is 0.527. The molecule has 0 unspecified atom stereocenters. The van der Waals surface area contributed by atoms with Gasteiger partial charge in [-0.1, -0.05) is 59.6 Å². The van der Waals surface area contributed by atoms with Gasteiger partial charge < -0.3 is 9.47 Å². The van der Waals surface area contributed by atoms with Crippen LogP contribution < -0.4 is 9.47 Å². The van der Waals surface area contributed by atoms with Gasteiger partial charge >= 0.3 is 0 Å². The third-order valence-corrected chi connectivity index (χ3v) is 5.47. The molecule has 0 aliphatic heterocycles. The predicted molar refractivity (Wildman–Crippen MR) is 122 cm³/mol. The smallest absolute Gasteiger partial charge is 0.128 e. The molecule has 0 bridgehead atoms. The van der Waals surface area contributed by atoms with Crippen molar-refractivity contribution >= 4 is 23.2 Å². The normalized spacial score (nSPS) is 10.8. The molecule has 0 saturated carbocycles. The van der Waals surface area contributed by atoms with E-state index in [1.807, 2.05) is 77.5 Å². The summed E-state index contributed by atoms with van der Waals surface area (Å²) < 4.78 is 13.0. The van der Waals surface area contributed by atoms with E-state index in [2.05, 4.69) is 0 Å². The van der Waals surface area contributed by atoms with Gasteiger partial charge in [0.2, 0.25) is 0 Å². The lowest BCUT2D eigenvalue weighted by Gasteiger charge is -2.12. The molecule has 1 aromatic heterocycles. The van der Waals surface area contributed by atoms with Crippen LogP contribution >= 0.6 is 23.2 Å². The first-order chi connectivity index (χ1) is 14.6. The van der Waals surface area contributed by atoms with Crippen molar-refractivity contribution < 1.29 is 9.47 Å². The molecule has 0 aliphatic carbocycles. The van der Waals surface area contributed by atoms with Gasteiger partial charge in [-0.15, -0.1) is 0 Å². The van der Waals surface area contributed by atoms with Crippen LogP contribution in [0.25, 0.3) is 22.5 Å². The number of para-hydroxylation sites is 2. The van der Waals surface area contributed by atoms with E-state index in [0.717, 1.165) is 28.1 Å². The van der Waals surface area contributed by atoms with E-state index in [1.165, 1.54) is 0 Å². The minimum atomic E-state index is 0.527.